The third kappa shape index (κ3) is 4.37. The number of nitrogens with one attached hydrogen (secondary N) is 1. The molecule has 0 atom stereocenters. The Hall–Kier alpha value is -3.50. The number of benzene rings is 1. The van der Waals surface area contributed by atoms with Crippen molar-refractivity contribution in [2.75, 3.05) is 12.5 Å². The predicted molar refractivity (Wildman–Crippen MR) is 99.7 cm³/mol. The molecule has 2 aromatic heterocycles. The number of hydrogen-bond donors (Lipinski definition) is 1. The quantitative estimate of drug-likeness (QED) is 0.522. The first-order valence-corrected chi connectivity index (χ1v) is 8.15. The van der Waals surface area contributed by atoms with Crippen LogP contribution in [0.2, 0.25) is 0 Å². The molecule has 0 unspecified atom stereocenters. The van der Waals surface area contributed by atoms with Crippen molar-refractivity contribution < 1.29 is 13.5 Å². The monoisotopic (exact) mass is 364 g/mol. The molecule has 0 aliphatic carbocycles. The molecule has 0 amide bonds. The SMILES string of the molecule is COCc1cc(C)nc(NN=Cc2ccc(-c3ccc(F)cc3)o2)c1C#N. The van der Waals surface area contributed by atoms with Crippen molar-refractivity contribution in [3.63, 3.8) is 0 Å². The summed E-state index contributed by atoms with van der Waals surface area (Å²) < 4.78 is 23.8. The van der Waals surface area contributed by atoms with E-state index in [2.05, 4.69) is 21.6 Å². The average molecular weight is 364 g/mol. The Morgan fingerprint density at radius 3 is 2.78 bits per heavy atom. The Morgan fingerprint density at radius 2 is 2.07 bits per heavy atom. The minimum atomic E-state index is -0.303. The Bertz CT molecular complexity index is 1000. The molecule has 0 fully saturated rings. The van der Waals surface area contributed by atoms with Crippen molar-refractivity contribution in [1.29, 1.82) is 5.26 Å². The topological polar surface area (TPSA) is 83.4 Å². The number of nitriles is 1. The number of nitrogens with zero attached hydrogens (tertiary/aromatic N) is 3. The van der Waals surface area contributed by atoms with Crippen molar-refractivity contribution in [2.45, 2.75) is 13.5 Å². The van der Waals surface area contributed by atoms with Gasteiger partial charge in [0.15, 0.2) is 5.82 Å². The first-order chi connectivity index (χ1) is 13.1. The highest BCUT2D eigenvalue weighted by atomic mass is 19.1. The summed E-state index contributed by atoms with van der Waals surface area (Å²) in [6.07, 6.45) is 1.48. The molecule has 0 spiro atoms. The number of aryl methyl sites for hydroxylation is 1. The molecular formula is C20H17FN4O2. The zero-order valence-corrected chi connectivity index (χ0v) is 14.9. The van der Waals surface area contributed by atoms with E-state index in [4.69, 9.17) is 9.15 Å². The van der Waals surface area contributed by atoms with Gasteiger partial charge in [-0.15, -0.1) is 0 Å². The second-order valence-electron chi connectivity index (χ2n) is 5.77. The second kappa shape index (κ2) is 8.25. The number of hydrazone groups is 1. The maximum Gasteiger partial charge on any atom is 0.164 e. The lowest BCUT2D eigenvalue weighted by Gasteiger charge is -2.08. The van der Waals surface area contributed by atoms with Crippen molar-refractivity contribution in [1.82, 2.24) is 4.98 Å². The maximum atomic E-state index is 13.0. The summed E-state index contributed by atoms with van der Waals surface area (Å²) in [5.41, 5.74) is 5.41. The van der Waals surface area contributed by atoms with E-state index in [9.17, 15) is 9.65 Å². The second-order valence-corrected chi connectivity index (χ2v) is 5.77. The molecule has 27 heavy (non-hydrogen) atoms. The fourth-order valence-electron chi connectivity index (χ4n) is 2.56. The van der Waals surface area contributed by atoms with Gasteiger partial charge in [-0.3, -0.25) is 5.43 Å². The minimum absolute atomic E-state index is 0.303. The molecule has 2 heterocycles. The largest absolute Gasteiger partial charge is 0.455 e. The van der Waals surface area contributed by atoms with E-state index in [1.54, 1.807) is 37.4 Å². The highest BCUT2D eigenvalue weighted by Crippen LogP contribution is 2.22. The summed E-state index contributed by atoms with van der Waals surface area (Å²) >= 11 is 0. The first kappa shape index (κ1) is 18.3. The lowest BCUT2D eigenvalue weighted by Crippen LogP contribution is -2.03. The van der Waals surface area contributed by atoms with Crippen LogP contribution >= 0.6 is 0 Å². The lowest BCUT2D eigenvalue weighted by molar-refractivity contribution is 0.184. The standard InChI is InChI=1S/C20H17FN4O2/c1-13-9-15(12-26-2)18(10-22)20(24-13)25-23-11-17-7-8-19(27-17)14-3-5-16(21)6-4-14/h3-9,11H,12H2,1-2H3,(H,24,25). The molecule has 0 saturated carbocycles. The van der Waals surface area contributed by atoms with E-state index in [0.717, 1.165) is 16.8 Å². The minimum Gasteiger partial charge on any atom is -0.455 e. The summed E-state index contributed by atoms with van der Waals surface area (Å²) in [6.45, 7) is 2.14. The van der Waals surface area contributed by atoms with Crippen LogP contribution in [0, 0.1) is 24.1 Å². The number of methoxy groups -OCH3 is 1. The molecule has 1 N–H and O–H groups in total. The number of ether oxygens (including phenoxy) is 1. The average Bonchev–Trinajstić information content (AvgIpc) is 3.11. The van der Waals surface area contributed by atoms with Crippen LogP contribution in [-0.2, 0) is 11.3 Å². The molecule has 0 radical (unpaired) electrons. The number of aromatic nitrogens is 1. The van der Waals surface area contributed by atoms with E-state index in [-0.39, 0.29) is 5.82 Å². The van der Waals surface area contributed by atoms with E-state index < -0.39 is 0 Å². The van der Waals surface area contributed by atoms with Crippen molar-refractivity contribution in [2.24, 2.45) is 5.10 Å². The van der Waals surface area contributed by atoms with E-state index in [1.165, 1.54) is 18.3 Å². The van der Waals surface area contributed by atoms with Crippen LogP contribution in [0.25, 0.3) is 11.3 Å². The van der Waals surface area contributed by atoms with Crippen LogP contribution in [0.3, 0.4) is 0 Å². The molecule has 1 aromatic carbocycles. The van der Waals surface area contributed by atoms with Crippen molar-refractivity contribution >= 4 is 12.0 Å². The number of hydrogen-bond acceptors (Lipinski definition) is 6. The lowest BCUT2D eigenvalue weighted by atomic mass is 10.1. The van der Waals surface area contributed by atoms with Gasteiger partial charge in [-0.05, 0) is 49.4 Å². The van der Waals surface area contributed by atoms with Gasteiger partial charge < -0.3 is 9.15 Å². The number of pyridine rings is 1. The highest BCUT2D eigenvalue weighted by Gasteiger charge is 2.11. The molecule has 3 rings (SSSR count). The zero-order valence-electron chi connectivity index (χ0n) is 14.9. The summed E-state index contributed by atoms with van der Waals surface area (Å²) in [6, 6.07) is 13.5. The normalized spacial score (nSPS) is 10.9. The van der Waals surface area contributed by atoms with Crippen LogP contribution < -0.4 is 5.43 Å². The molecule has 136 valence electrons. The summed E-state index contributed by atoms with van der Waals surface area (Å²) in [5, 5.41) is 13.5. The summed E-state index contributed by atoms with van der Waals surface area (Å²) in [4.78, 5) is 4.31. The van der Waals surface area contributed by atoms with Gasteiger partial charge in [0.05, 0.1) is 12.8 Å². The van der Waals surface area contributed by atoms with Crippen LogP contribution in [0.5, 0.6) is 0 Å². The van der Waals surface area contributed by atoms with E-state index >= 15 is 0 Å². The fourth-order valence-corrected chi connectivity index (χ4v) is 2.56. The Kier molecular flexibility index (Phi) is 5.59. The molecule has 0 saturated heterocycles. The molecule has 0 aliphatic rings. The van der Waals surface area contributed by atoms with Gasteiger partial charge in [0.25, 0.3) is 0 Å². The van der Waals surface area contributed by atoms with Crippen LogP contribution in [-0.4, -0.2) is 18.3 Å². The molecule has 6 nitrogen and oxygen atoms in total. The Balaban J connectivity index is 1.77. The van der Waals surface area contributed by atoms with Gasteiger partial charge in [-0.25, -0.2) is 9.37 Å². The third-order valence-corrected chi connectivity index (χ3v) is 3.76. The maximum absolute atomic E-state index is 13.0. The smallest absolute Gasteiger partial charge is 0.164 e. The van der Waals surface area contributed by atoms with Gasteiger partial charge in [0.1, 0.15) is 29.0 Å². The fraction of sp³-hybridized carbons (Fsp3) is 0.150. The van der Waals surface area contributed by atoms with Gasteiger partial charge in [-0.1, -0.05) is 0 Å². The zero-order chi connectivity index (χ0) is 19.2. The van der Waals surface area contributed by atoms with E-state index in [1.807, 2.05) is 6.92 Å². The van der Waals surface area contributed by atoms with Gasteiger partial charge in [-0.2, -0.15) is 10.4 Å². The number of halogens is 1. The molecule has 3 aromatic rings. The first-order valence-electron chi connectivity index (χ1n) is 8.15. The van der Waals surface area contributed by atoms with Gasteiger partial charge >= 0.3 is 0 Å². The number of furan rings is 1. The van der Waals surface area contributed by atoms with Gasteiger partial charge in [0, 0.05) is 23.9 Å². The molecule has 7 heteroatoms. The summed E-state index contributed by atoms with van der Waals surface area (Å²) in [7, 11) is 1.57. The van der Waals surface area contributed by atoms with Gasteiger partial charge in [0.2, 0.25) is 0 Å². The number of anilines is 1. The molecular weight excluding hydrogens is 347 g/mol. The third-order valence-electron chi connectivity index (χ3n) is 3.76. The van der Waals surface area contributed by atoms with Crippen molar-refractivity contribution in [3.05, 3.63) is 70.9 Å². The van der Waals surface area contributed by atoms with Crippen LogP contribution in [0.4, 0.5) is 10.2 Å². The Labute approximate surface area is 155 Å². The van der Waals surface area contributed by atoms with Crippen molar-refractivity contribution in [3.8, 4) is 17.4 Å². The van der Waals surface area contributed by atoms with E-state index in [0.29, 0.717) is 29.5 Å². The predicted octanol–water partition coefficient (Wildman–Crippen LogP) is 4.25. The van der Waals surface area contributed by atoms with Crippen LogP contribution in [0.1, 0.15) is 22.6 Å². The summed E-state index contributed by atoms with van der Waals surface area (Å²) in [5.74, 6) is 1.16. The highest BCUT2D eigenvalue weighted by molar-refractivity contribution is 5.78. The number of rotatable bonds is 6. The molecule has 0 aliphatic heterocycles. The molecule has 0 bridgehead atoms. The van der Waals surface area contributed by atoms with Crippen LogP contribution in [0.15, 0.2) is 52.0 Å². The Morgan fingerprint density at radius 1 is 1.30 bits per heavy atom.